The van der Waals surface area contributed by atoms with Crippen molar-refractivity contribution in [2.24, 2.45) is 0 Å². The summed E-state index contributed by atoms with van der Waals surface area (Å²) in [5.41, 5.74) is 1.43. The number of anilines is 1. The summed E-state index contributed by atoms with van der Waals surface area (Å²) in [4.78, 5) is 28.1. The van der Waals surface area contributed by atoms with Gasteiger partial charge in [0, 0.05) is 23.0 Å². The number of hydrogen-bond acceptors (Lipinski definition) is 6. The molecule has 1 aliphatic heterocycles. The molecule has 0 fully saturated rings. The average Bonchev–Trinajstić information content (AvgIpc) is 2.82. The summed E-state index contributed by atoms with van der Waals surface area (Å²) in [7, 11) is 1.57. The third-order valence-corrected chi connectivity index (χ3v) is 6.24. The Morgan fingerprint density at radius 3 is 2.61 bits per heavy atom. The van der Waals surface area contributed by atoms with Gasteiger partial charge in [-0.25, -0.2) is 0 Å². The number of amides is 2. The van der Waals surface area contributed by atoms with E-state index in [0.717, 1.165) is 5.56 Å². The predicted octanol–water partition coefficient (Wildman–Crippen LogP) is 4.39. The maximum absolute atomic E-state index is 13.3. The van der Waals surface area contributed by atoms with Crippen LogP contribution in [0.4, 0.5) is 5.69 Å². The lowest BCUT2D eigenvalue weighted by molar-refractivity contribution is -0.122. The molecule has 2 aromatic carbocycles. The van der Waals surface area contributed by atoms with E-state index in [4.69, 9.17) is 25.8 Å². The van der Waals surface area contributed by atoms with Crippen molar-refractivity contribution in [1.82, 2.24) is 5.32 Å². The zero-order chi connectivity index (χ0) is 23.8. The van der Waals surface area contributed by atoms with Crippen molar-refractivity contribution in [3.8, 4) is 11.5 Å². The summed E-state index contributed by atoms with van der Waals surface area (Å²) in [6.45, 7) is 4.88. The van der Waals surface area contributed by atoms with E-state index in [2.05, 4.69) is 5.32 Å². The number of carbonyl (C=O) groups excluding carboxylic acids is 2. The van der Waals surface area contributed by atoms with Gasteiger partial charge in [-0.3, -0.25) is 14.5 Å². The Bertz CT molecular complexity index is 1030. The van der Waals surface area contributed by atoms with Crippen molar-refractivity contribution in [3.63, 3.8) is 0 Å². The van der Waals surface area contributed by atoms with Crippen LogP contribution in [-0.4, -0.2) is 44.4 Å². The normalized spacial score (nSPS) is 13.2. The first kappa shape index (κ1) is 24.8. The minimum Gasteiger partial charge on any atom is -0.496 e. The maximum Gasteiger partial charge on any atom is 0.268 e. The van der Waals surface area contributed by atoms with Crippen LogP contribution < -0.4 is 19.7 Å². The monoisotopic (exact) mass is 490 g/mol. The molecule has 0 radical (unpaired) electrons. The van der Waals surface area contributed by atoms with Gasteiger partial charge in [-0.2, -0.15) is 0 Å². The summed E-state index contributed by atoms with van der Waals surface area (Å²) >= 11 is 7.44. The molecule has 33 heavy (non-hydrogen) atoms. The first-order chi connectivity index (χ1) is 15.9. The SMILES string of the molecule is CCOc1ccc(CNC(=O)CN(C(=O)C2=C(C)OCCS2)c2ccc(Cl)cc2)cc1OC. The van der Waals surface area contributed by atoms with E-state index in [0.29, 0.717) is 51.8 Å². The number of carbonyl (C=O) groups is 2. The van der Waals surface area contributed by atoms with Crippen LogP contribution in [0.3, 0.4) is 0 Å². The Morgan fingerprint density at radius 2 is 1.94 bits per heavy atom. The number of benzene rings is 2. The molecular formula is C24H27ClN2O5S. The van der Waals surface area contributed by atoms with E-state index in [9.17, 15) is 9.59 Å². The lowest BCUT2D eigenvalue weighted by Crippen LogP contribution is -2.41. The molecule has 0 unspecified atom stereocenters. The molecule has 1 N–H and O–H groups in total. The van der Waals surface area contributed by atoms with Gasteiger partial charge in [-0.05, 0) is 55.8 Å². The van der Waals surface area contributed by atoms with Crippen LogP contribution >= 0.6 is 23.4 Å². The molecule has 0 aliphatic carbocycles. The van der Waals surface area contributed by atoms with Gasteiger partial charge in [-0.15, -0.1) is 11.8 Å². The number of methoxy groups -OCH3 is 1. The van der Waals surface area contributed by atoms with Crippen LogP contribution in [0.25, 0.3) is 0 Å². The van der Waals surface area contributed by atoms with Crippen molar-refractivity contribution >= 4 is 40.9 Å². The molecule has 1 heterocycles. The van der Waals surface area contributed by atoms with E-state index in [1.54, 1.807) is 38.3 Å². The van der Waals surface area contributed by atoms with Crippen molar-refractivity contribution in [2.45, 2.75) is 20.4 Å². The van der Waals surface area contributed by atoms with Crippen LogP contribution in [-0.2, 0) is 20.9 Å². The largest absolute Gasteiger partial charge is 0.496 e. The highest BCUT2D eigenvalue weighted by molar-refractivity contribution is 8.04. The molecule has 0 saturated heterocycles. The summed E-state index contributed by atoms with van der Waals surface area (Å²) < 4.78 is 16.4. The third kappa shape index (κ3) is 6.58. The fourth-order valence-electron chi connectivity index (χ4n) is 3.24. The van der Waals surface area contributed by atoms with E-state index in [1.807, 2.05) is 25.1 Å². The molecule has 0 saturated carbocycles. The highest BCUT2D eigenvalue weighted by atomic mass is 35.5. The summed E-state index contributed by atoms with van der Waals surface area (Å²) in [5, 5.41) is 3.42. The second kappa shape index (κ2) is 11.9. The van der Waals surface area contributed by atoms with Gasteiger partial charge in [0.15, 0.2) is 11.5 Å². The third-order valence-electron chi connectivity index (χ3n) is 4.87. The van der Waals surface area contributed by atoms with Gasteiger partial charge in [-0.1, -0.05) is 17.7 Å². The van der Waals surface area contributed by atoms with E-state index >= 15 is 0 Å². The highest BCUT2D eigenvalue weighted by Crippen LogP contribution is 2.30. The first-order valence-corrected chi connectivity index (χ1v) is 11.9. The minimum atomic E-state index is -0.300. The lowest BCUT2D eigenvalue weighted by atomic mass is 10.2. The molecule has 2 amide bonds. The molecular weight excluding hydrogens is 464 g/mol. The van der Waals surface area contributed by atoms with Gasteiger partial charge < -0.3 is 19.5 Å². The minimum absolute atomic E-state index is 0.147. The van der Waals surface area contributed by atoms with E-state index in [1.165, 1.54) is 16.7 Å². The van der Waals surface area contributed by atoms with Crippen molar-refractivity contribution in [2.75, 3.05) is 37.5 Å². The van der Waals surface area contributed by atoms with Gasteiger partial charge in [0.2, 0.25) is 5.91 Å². The lowest BCUT2D eigenvalue weighted by Gasteiger charge is -2.26. The van der Waals surface area contributed by atoms with E-state index < -0.39 is 0 Å². The van der Waals surface area contributed by atoms with Gasteiger partial charge in [0.05, 0.1) is 20.3 Å². The maximum atomic E-state index is 13.3. The number of thioether (sulfide) groups is 1. The van der Waals surface area contributed by atoms with Crippen molar-refractivity contribution < 1.29 is 23.8 Å². The molecule has 0 aromatic heterocycles. The Morgan fingerprint density at radius 1 is 1.18 bits per heavy atom. The fourth-order valence-corrected chi connectivity index (χ4v) is 4.23. The molecule has 176 valence electrons. The molecule has 0 spiro atoms. The molecule has 0 atom stereocenters. The molecule has 0 bridgehead atoms. The van der Waals surface area contributed by atoms with E-state index in [-0.39, 0.29) is 24.9 Å². The molecule has 2 aromatic rings. The summed E-state index contributed by atoms with van der Waals surface area (Å²) in [6, 6.07) is 12.3. The first-order valence-electron chi connectivity index (χ1n) is 10.5. The fraction of sp³-hybridized carbons (Fsp3) is 0.333. The zero-order valence-corrected chi connectivity index (χ0v) is 20.4. The van der Waals surface area contributed by atoms with Crippen molar-refractivity contribution in [1.29, 1.82) is 0 Å². The second-order valence-corrected chi connectivity index (χ2v) is 8.69. The topological polar surface area (TPSA) is 77.1 Å². The highest BCUT2D eigenvalue weighted by Gasteiger charge is 2.27. The molecule has 9 heteroatoms. The standard InChI is InChI=1S/C24H27ClN2O5S/c1-4-31-20-10-5-17(13-21(20)30-3)14-26-22(28)15-27(19-8-6-18(25)7-9-19)24(29)23-16(2)32-11-12-33-23/h5-10,13H,4,11-12,14-15H2,1-3H3,(H,26,28). The number of hydrogen-bond donors (Lipinski definition) is 1. The van der Waals surface area contributed by atoms with Crippen LogP contribution in [0, 0.1) is 0 Å². The average molecular weight is 491 g/mol. The van der Waals surface area contributed by atoms with Gasteiger partial charge >= 0.3 is 0 Å². The smallest absolute Gasteiger partial charge is 0.268 e. The van der Waals surface area contributed by atoms with Gasteiger partial charge in [0.25, 0.3) is 5.91 Å². The van der Waals surface area contributed by atoms with Crippen molar-refractivity contribution in [3.05, 3.63) is 63.7 Å². The summed E-state index contributed by atoms with van der Waals surface area (Å²) in [6.07, 6.45) is 0. The molecule has 1 aliphatic rings. The zero-order valence-electron chi connectivity index (χ0n) is 18.9. The van der Waals surface area contributed by atoms with Crippen LogP contribution in [0.2, 0.25) is 5.02 Å². The Balaban J connectivity index is 1.73. The molecule has 3 rings (SSSR count). The Labute approximate surface area is 203 Å². The number of nitrogens with zero attached hydrogens (tertiary/aromatic N) is 1. The van der Waals surface area contributed by atoms with Crippen LogP contribution in [0.15, 0.2) is 53.1 Å². The quantitative estimate of drug-likeness (QED) is 0.561. The van der Waals surface area contributed by atoms with Gasteiger partial charge in [0.1, 0.15) is 17.2 Å². The number of rotatable bonds is 9. The van der Waals surface area contributed by atoms with Crippen LogP contribution in [0.5, 0.6) is 11.5 Å². The number of nitrogens with one attached hydrogen (secondary N) is 1. The number of allylic oxidation sites excluding steroid dienone is 1. The Kier molecular flexibility index (Phi) is 8.91. The second-order valence-electron chi connectivity index (χ2n) is 7.14. The molecule has 7 nitrogen and oxygen atoms in total. The summed E-state index contributed by atoms with van der Waals surface area (Å²) in [5.74, 6) is 1.91. The van der Waals surface area contributed by atoms with Crippen LogP contribution in [0.1, 0.15) is 19.4 Å². The predicted molar refractivity (Wildman–Crippen MR) is 131 cm³/mol. The number of ether oxygens (including phenoxy) is 3. The number of halogens is 1. The Hall–Kier alpha value is -2.84.